The molecule has 0 aromatic heterocycles. The lowest BCUT2D eigenvalue weighted by atomic mass is 9.81. The number of halogens is 1. The monoisotopic (exact) mass is 664 g/mol. The number of ether oxygens (including phenoxy) is 3. The number of aliphatic hydroxyl groups excluding tert-OH is 1. The number of aliphatic hydroxyl groups is 1. The molecule has 3 N–H and O–H groups in total. The highest BCUT2D eigenvalue weighted by Crippen LogP contribution is 2.43. The quantitative estimate of drug-likeness (QED) is 0.0555. The van der Waals surface area contributed by atoms with Crippen LogP contribution in [0.2, 0.25) is 0 Å². The number of carbonyl (C=O) groups excluding carboxylic acids is 1. The van der Waals surface area contributed by atoms with Crippen molar-refractivity contribution in [3.05, 3.63) is 104 Å². The molecule has 0 bridgehead atoms. The predicted octanol–water partition coefficient (Wildman–Crippen LogP) is 6.09. The van der Waals surface area contributed by atoms with Gasteiger partial charge in [-0.05, 0) is 73.3 Å². The van der Waals surface area contributed by atoms with E-state index in [0.29, 0.717) is 61.1 Å². The Bertz CT molecular complexity index is 1460. The Morgan fingerprint density at radius 1 is 1.11 bits per heavy atom. The molecular formula is C32H37BrN6O5. The summed E-state index contributed by atoms with van der Waals surface area (Å²) in [5, 5.41) is 12.9. The first-order valence-electron chi connectivity index (χ1n) is 14.5. The predicted molar refractivity (Wildman–Crippen MR) is 172 cm³/mol. The smallest absolute Gasteiger partial charge is 0.266 e. The van der Waals surface area contributed by atoms with Crippen molar-refractivity contribution >= 4 is 33.4 Å². The molecule has 1 aliphatic rings. The van der Waals surface area contributed by atoms with Gasteiger partial charge < -0.3 is 19.3 Å². The first-order valence-corrected chi connectivity index (χ1v) is 15.3. The van der Waals surface area contributed by atoms with Crippen LogP contribution in [0.15, 0.2) is 87.4 Å². The molecule has 232 valence electrons. The van der Waals surface area contributed by atoms with Crippen molar-refractivity contribution in [1.29, 1.82) is 0 Å². The first-order chi connectivity index (χ1) is 21.4. The minimum Gasteiger partial charge on any atom is -0.494 e. The van der Waals surface area contributed by atoms with Crippen LogP contribution in [0.5, 0.6) is 5.75 Å². The fourth-order valence-corrected chi connectivity index (χ4v) is 5.01. The minimum absolute atomic E-state index is 0.0493. The number of azide groups is 1. The molecule has 0 saturated heterocycles. The van der Waals surface area contributed by atoms with E-state index in [9.17, 15) is 10.3 Å². The summed E-state index contributed by atoms with van der Waals surface area (Å²) >= 11 is 3.49. The Morgan fingerprint density at radius 3 is 2.57 bits per heavy atom. The van der Waals surface area contributed by atoms with Crippen LogP contribution in [0.3, 0.4) is 0 Å². The zero-order valence-corrected chi connectivity index (χ0v) is 26.4. The van der Waals surface area contributed by atoms with E-state index >= 15 is 0 Å². The number of hydrogen-bond donors (Lipinski definition) is 3. The number of nitrogens with one attached hydrogen (secondary N) is 2. The molecule has 0 radical (unpaired) electrons. The third-order valence-corrected chi connectivity index (χ3v) is 7.43. The molecule has 0 spiro atoms. The SMILES string of the molecule is CC(C)OCCCNNC(=O)[C@@]1(Cc2ccccc2N=[N+]=[N-])N=C(c2ccc(OCCCO)cc2)O[C@H]1c1ccc(Br)cc1. The topological polar surface area (TPSA) is 150 Å². The minimum atomic E-state index is -1.47. The fourth-order valence-electron chi connectivity index (χ4n) is 4.75. The summed E-state index contributed by atoms with van der Waals surface area (Å²) in [6.07, 6.45) is 0.634. The van der Waals surface area contributed by atoms with Crippen molar-refractivity contribution in [2.24, 2.45) is 10.1 Å². The second-order valence-electron chi connectivity index (χ2n) is 10.5. The van der Waals surface area contributed by atoms with Gasteiger partial charge in [0.2, 0.25) is 5.90 Å². The fraction of sp³-hybridized carbons (Fsp3) is 0.375. The van der Waals surface area contributed by atoms with Gasteiger partial charge in [0, 0.05) is 53.2 Å². The van der Waals surface area contributed by atoms with Gasteiger partial charge in [-0.2, -0.15) is 0 Å². The molecule has 12 heteroatoms. The molecule has 1 amide bonds. The number of aliphatic imine (C=N–C) groups is 1. The lowest BCUT2D eigenvalue weighted by Gasteiger charge is -2.31. The summed E-state index contributed by atoms with van der Waals surface area (Å²) in [4.78, 5) is 22.3. The Hall–Kier alpha value is -3.93. The third kappa shape index (κ3) is 8.58. The average molecular weight is 666 g/mol. The van der Waals surface area contributed by atoms with Gasteiger partial charge in [0.25, 0.3) is 5.91 Å². The number of amides is 1. The molecule has 4 rings (SSSR count). The standard InChI is InChI=1S/C32H37BrN6O5/c1-22(2)42-19-5-17-35-38-31(41)32(21-25-7-3-4-8-28(25)37-39-34)29(23-9-13-26(33)14-10-23)44-30(36-32)24-11-15-27(16-12-24)43-20-6-18-40/h3-4,7-16,22,29,35,40H,5-6,17-21H2,1-2H3,(H,38,41)/t29-,32-/m0/s1. The van der Waals surface area contributed by atoms with Crippen LogP contribution in [0.1, 0.15) is 49.5 Å². The van der Waals surface area contributed by atoms with Gasteiger partial charge in [-0.1, -0.05) is 57.4 Å². The Kier molecular flexibility index (Phi) is 12.2. The van der Waals surface area contributed by atoms with Crippen molar-refractivity contribution in [2.45, 2.75) is 50.9 Å². The van der Waals surface area contributed by atoms with Crippen LogP contribution in [0.4, 0.5) is 5.69 Å². The summed E-state index contributed by atoms with van der Waals surface area (Å²) in [5.41, 5.74) is 16.1. The zero-order chi connectivity index (χ0) is 31.4. The number of rotatable bonds is 16. The van der Waals surface area contributed by atoms with Gasteiger partial charge in [0.05, 0.1) is 12.7 Å². The largest absolute Gasteiger partial charge is 0.494 e. The van der Waals surface area contributed by atoms with Crippen molar-refractivity contribution in [3.63, 3.8) is 0 Å². The highest BCUT2D eigenvalue weighted by Gasteiger charge is 2.53. The highest BCUT2D eigenvalue weighted by molar-refractivity contribution is 9.10. The molecule has 11 nitrogen and oxygen atoms in total. The van der Waals surface area contributed by atoms with Gasteiger partial charge in [-0.15, -0.1) is 0 Å². The van der Waals surface area contributed by atoms with Crippen molar-refractivity contribution in [3.8, 4) is 5.75 Å². The van der Waals surface area contributed by atoms with Gasteiger partial charge in [-0.3, -0.25) is 10.2 Å². The Labute approximate surface area is 265 Å². The Morgan fingerprint density at radius 2 is 1.86 bits per heavy atom. The molecule has 0 saturated carbocycles. The van der Waals surface area contributed by atoms with E-state index in [-0.39, 0.29) is 19.1 Å². The summed E-state index contributed by atoms with van der Waals surface area (Å²) < 4.78 is 18.7. The molecule has 1 aliphatic heterocycles. The van der Waals surface area contributed by atoms with Crippen LogP contribution in [-0.4, -0.2) is 54.9 Å². The molecule has 0 fully saturated rings. The molecule has 3 aromatic rings. The average Bonchev–Trinajstić information content (AvgIpc) is 3.41. The van der Waals surface area contributed by atoms with Crippen LogP contribution >= 0.6 is 15.9 Å². The van der Waals surface area contributed by atoms with E-state index in [1.165, 1.54) is 0 Å². The zero-order valence-electron chi connectivity index (χ0n) is 24.8. The van der Waals surface area contributed by atoms with E-state index in [1.807, 2.05) is 62.4 Å². The molecule has 44 heavy (non-hydrogen) atoms. The maximum Gasteiger partial charge on any atom is 0.266 e. The number of benzene rings is 3. The number of carbonyl (C=O) groups is 1. The van der Waals surface area contributed by atoms with E-state index in [2.05, 4.69) is 36.8 Å². The highest BCUT2D eigenvalue weighted by atomic mass is 79.9. The maximum absolute atomic E-state index is 14.3. The lowest BCUT2D eigenvalue weighted by molar-refractivity contribution is -0.130. The second kappa shape index (κ2) is 16.2. The number of hydrazine groups is 1. The van der Waals surface area contributed by atoms with Crippen LogP contribution in [-0.2, 0) is 20.7 Å². The van der Waals surface area contributed by atoms with Crippen molar-refractivity contribution in [2.75, 3.05) is 26.4 Å². The second-order valence-corrected chi connectivity index (χ2v) is 11.4. The van der Waals surface area contributed by atoms with Gasteiger partial charge in [0.1, 0.15) is 5.75 Å². The molecule has 0 unspecified atom stereocenters. The van der Waals surface area contributed by atoms with Gasteiger partial charge in [-0.25, -0.2) is 10.4 Å². The van der Waals surface area contributed by atoms with E-state index in [0.717, 1.165) is 10.0 Å². The summed E-state index contributed by atoms with van der Waals surface area (Å²) in [6, 6.07) is 21.9. The lowest BCUT2D eigenvalue weighted by Crippen LogP contribution is -2.54. The first kappa shape index (κ1) is 33.0. The summed E-state index contributed by atoms with van der Waals surface area (Å²) in [7, 11) is 0. The van der Waals surface area contributed by atoms with Crippen molar-refractivity contribution < 1.29 is 24.1 Å². The summed E-state index contributed by atoms with van der Waals surface area (Å²) in [6.45, 7) is 5.43. The van der Waals surface area contributed by atoms with E-state index in [4.69, 9.17) is 24.3 Å². The van der Waals surface area contributed by atoms with E-state index < -0.39 is 17.6 Å². The van der Waals surface area contributed by atoms with Gasteiger partial charge >= 0.3 is 0 Å². The number of hydrogen-bond acceptors (Lipinski definition) is 8. The van der Waals surface area contributed by atoms with Crippen molar-refractivity contribution in [1.82, 2.24) is 10.9 Å². The van der Waals surface area contributed by atoms with Crippen LogP contribution in [0.25, 0.3) is 10.4 Å². The van der Waals surface area contributed by atoms with Crippen LogP contribution in [0, 0.1) is 0 Å². The molecule has 2 atom stereocenters. The normalized spacial score (nSPS) is 17.5. The van der Waals surface area contributed by atoms with Gasteiger partial charge in [0.15, 0.2) is 11.6 Å². The molecule has 1 heterocycles. The van der Waals surface area contributed by atoms with E-state index in [1.54, 1.807) is 24.3 Å². The number of nitrogens with zero attached hydrogens (tertiary/aromatic N) is 4. The third-order valence-electron chi connectivity index (χ3n) is 6.91. The molecule has 0 aliphatic carbocycles. The molecule has 3 aromatic carbocycles. The Balaban J connectivity index is 1.73. The van der Waals surface area contributed by atoms with Crippen LogP contribution < -0.4 is 15.6 Å². The summed E-state index contributed by atoms with van der Waals surface area (Å²) in [5.74, 6) is 0.537. The maximum atomic E-state index is 14.3. The molecular weight excluding hydrogens is 628 g/mol.